The topological polar surface area (TPSA) is 24.4 Å². The predicted molar refractivity (Wildman–Crippen MR) is 295 cm³/mol. The molecule has 3 unspecified atom stereocenters. The van der Waals surface area contributed by atoms with Crippen LogP contribution in [0.5, 0.6) is 0 Å². The number of benzene rings is 8. The first-order valence-corrected chi connectivity index (χ1v) is 25.9. The lowest BCUT2D eigenvalue weighted by atomic mass is 9.65. The quantitative estimate of drug-likeness (QED) is 0.143. The minimum Gasteiger partial charge on any atom is -0.257 e. The van der Waals surface area contributed by atoms with Crippen molar-refractivity contribution in [2.75, 3.05) is 0 Å². The van der Waals surface area contributed by atoms with E-state index in [4.69, 9.17) is 4.99 Å². The molecule has 8 aromatic rings. The van der Waals surface area contributed by atoms with E-state index in [1.807, 2.05) is 0 Å². The van der Waals surface area contributed by atoms with Gasteiger partial charge in [0.15, 0.2) is 0 Å². The molecule has 1 aliphatic heterocycles. The summed E-state index contributed by atoms with van der Waals surface area (Å²) >= 11 is -0.560. The summed E-state index contributed by atoms with van der Waals surface area (Å²) in [5.74, 6) is 0.0956. The van der Waals surface area contributed by atoms with Gasteiger partial charge in [0, 0.05) is 17.4 Å². The van der Waals surface area contributed by atoms with E-state index in [0.29, 0.717) is 0 Å². The highest BCUT2D eigenvalue weighted by Gasteiger charge is 2.38. The Hall–Kier alpha value is -7.31. The van der Waals surface area contributed by atoms with Gasteiger partial charge in [-0.3, -0.25) is 10.3 Å². The van der Waals surface area contributed by atoms with E-state index in [-0.39, 0.29) is 18.0 Å². The number of rotatable bonds is 9. The van der Waals surface area contributed by atoms with Crippen LogP contribution in [0.4, 0.5) is 0 Å². The Labute approximate surface area is 410 Å². The molecule has 12 rings (SSSR count). The maximum Gasteiger partial charge on any atom is 0.131 e. The number of aliphatic imine (C=N–C) groups is 1. The Morgan fingerprint density at radius 3 is 1.65 bits per heavy atom. The number of nitrogens with one attached hydrogen (secondary N) is 1. The van der Waals surface area contributed by atoms with Crippen molar-refractivity contribution in [1.82, 2.24) is 5.32 Å². The highest BCUT2D eigenvalue weighted by molar-refractivity contribution is 14.2. The van der Waals surface area contributed by atoms with Gasteiger partial charge in [-0.2, -0.15) is 0 Å². The van der Waals surface area contributed by atoms with Crippen molar-refractivity contribution in [3.63, 3.8) is 0 Å². The Morgan fingerprint density at radius 1 is 0.500 bits per heavy atom. The molecule has 8 aromatic carbocycles. The van der Waals surface area contributed by atoms with Crippen LogP contribution in [-0.2, 0) is 0 Å². The molecular formula is C65H49IN2. The number of hydrogen-bond donors (Lipinski definition) is 1. The van der Waals surface area contributed by atoms with Crippen molar-refractivity contribution in [3.8, 4) is 33.4 Å². The largest absolute Gasteiger partial charge is 0.257 e. The van der Waals surface area contributed by atoms with E-state index < -0.39 is 20.7 Å². The average Bonchev–Trinajstić information content (AvgIpc) is 3.43. The van der Waals surface area contributed by atoms with Crippen molar-refractivity contribution in [2.45, 2.75) is 24.9 Å². The molecule has 1 N–H and O–H groups in total. The molecule has 0 fully saturated rings. The van der Waals surface area contributed by atoms with Gasteiger partial charge in [-0.25, -0.2) is 0 Å². The number of fused-ring (bicyclic) bond motifs is 2. The molecule has 0 spiro atoms. The normalized spacial score (nSPS) is 18.6. The molecular weight excluding hydrogens is 936 g/mol. The van der Waals surface area contributed by atoms with Crippen LogP contribution in [0.2, 0.25) is 0 Å². The molecule has 0 radical (unpaired) electrons. The first kappa shape index (κ1) is 42.1. The SMILES string of the molecule is C1=CCCC(c2cc(C3=C4C=C(C5N=C(c6ccccc6)I=C(c6ccccc6)N5)C=CC4C(c4cc(-c5ccccc5)cc(-c5ccccc5)c4)c4ccccc43)cc(-c3ccccc3)c2)=C1. The van der Waals surface area contributed by atoms with Gasteiger partial charge in [0.1, 0.15) is 9.88 Å². The summed E-state index contributed by atoms with van der Waals surface area (Å²) in [5.41, 5.74) is 21.4. The van der Waals surface area contributed by atoms with Crippen LogP contribution in [-0.4, -0.2) is 13.5 Å². The predicted octanol–water partition coefficient (Wildman–Crippen LogP) is 16.0. The van der Waals surface area contributed by atoms with Crippen LogP contribution in [0.15, 0.2) is 265 Å². The van der Waals surface area contributed by atoms with Crippen molar-refractivity contribution in [2.24, 2.45) is 10.9 Å². The first-order valence-electron chi connectivity index (χ1n) is 23.7. The minimum atomic E-state index is -0.560. The standard InChI is InChI=1S/C65H49IN2/c1-7-21-44(22-8-1)51-37-52(45-23-9-2-10-24-45)40-55(39-51)61-57-33-19-20-34-58(57)62(56-41-53(46-25-11-3-12-26-46)38-54(42-56)47-27-13-4-14-28-47)60-43-50(35-36-59(60)61)65-67-63(48-29-15-5-16-30-48)66-64(68-65)49-31-17-6-18-32-49/h1-13,15-27,29-43,59,61,65,67H,14,28H2. The van der Waals surface area contributed by atoms with E-state index in [1.165, 1.54) is 102 Å². The highest BCUT2D eigenvalue weighted by atomic mass is 127. The van der Waals surface area contributed by atoms with Crippen LogP contribution in [0.1, 0.15) is 57.7 Å². The van der Waals surface area contributed by atoms with Gasteiger partial charge in [0.05, 0.1) is 3.63 Å². The highest BCUT2D eigenvalue weighted by Crippen LogP contribution is 2.52. The number of halogens is 1. The van der Waals surface area contributed by atoms with Gasteiger partial charge >= 0.3 is 0 Å². The lowest BCUT2D eigenvalue weighted by Crippen LogP contribution is -2.38. The van der Waals surface area contributed by atoms with Crippen molar-refractivity contribution in [1.29, 1.82) is 0 Å². The molecule has 3 aliphatic carbocycles. The summed E-state index contributed by atoms with van der Waals surface area (Å²) in [7, 11) is 0. The van der Waals surface area contributed by atoms with E-state index in [2.05, 4.69) is 254 Å². The zero-order chi connectivity index (χ0) is 45.2. The van der Waals surface area contributed by atoms with E-state index >= 15 is 0 Å². The third-order valence-corrected chi connectivity index (χ3v) is 16.6. The van der Waals surface area contributed by atoms with Crippen LogP contribution >= 0.6 is 20.7 Å². The Morgan fingerprint density at radius 2 is 1.03 bits per heavy atom. The van der Waals surface area contributed by atoms with Crippen molar-refractivity contribution >= 4 is 39.2 Å². The summed E-state index contributed by atoms with van der Waals surface area (Å²) in [6.45, 7) is 0. The van der Waals surface area contributed by atoms with Crippen LogP contribution in [0.3, 0.4) is 0 Å². The summed E-state index contributed by atoms with van der Waals surface area (Å²) in [6, 6.07) is 78.2. The summed E-state index contributed by atoms with van der Waals surface area (Å²) in [6.07, 6.45) is 16.0. The summed E-state index contributed by atoms with van der Waals surface area (Å²) in [4.78, 5) is 5.61. The zero-order valence-electron chi connectivity index (χ0n) is 37.6. The number of allylic oxidation sites excluding steroid dienone is 7. The fourth-order valence-corrected chi connectivity index (χ4v) is 13.1. The van der Waals surface area contributed by atoms with Crippen LogP contribution in [0.25, 0.3) is 44.5 Å². The zero-order valence-corrected chi connectivity index (χ0v) is 39.8. The third-order valence-electron chi connectivity index (χ3n) is 13.7. The van der Waals surface area contributed by atoms with E-state index in [1.54, 1.807) is 0 Å². The Bertz CT molecular complexity index is 3340. The lowest BCUT2D eigenvalue weighted by molar-refractivity contribution is 0.639. The minimum absolute atomic E-state index is 0.0464. The van der Waals surface area contributed by atoms with Gasteiger partial charge in [0.25, 0.3) is 0 Å². The van der Waals surface area contributed by atoms with Crippen LogP contribution < -0.4 is 5.32 Å². The molecule has 0 bridgehead atoms. The molecule has 68 heavy (non-hydrogen) atoms. The maximum absolute atomic E-state index is 5.61. The molecule has 0 aromatic heterocycles. The molecule has 0 amide bonds. The molecule has 3 atom stereocenters. The van der Waals surface area contributed by atoms with Gasteiger partial charge in [0.2, 0.25) is 0 Å². The smallest absolute Gasteiger partial charge is 0.131 e. The molecule has 2 nitrogen and oxygen atoms in total. The average molecular weight is 985 g/mol. The van der Waals surface area contributed by atoms with Crippen molar-refractivity contribution < 1.29 is 0 Å². The summed E-state index contributed by atoms with van der Waals surface area (Å²) in [5, 5.41) is 4.01. The molecule has 1 heterocycles. The molecule has 3 heteroatoms. The lowest BCUT2D eigenvalue weighted by Gasteiger charge is -2.38. The molecule has 0 saturated carbocycles. The molecule has 326 valence electrons. The Balaban J connectivity index is 1.10. The number of hydrogen-bond acceptors (Lipinski definition) is 2. The van der Waals surface area contributed by atoms with Crippen LogP contribution in [0, 0.1) is 5.92 Å². The van der Waals surface area contributed by atoms with Gasteiger partial charge in [-0.05, 0) is 147 Å². The number of nitrogens with zero attached hydrogens (tertiary/aromatic N) is 1. The monoisotopic (exact) mass is 984 g/mol. The Kier molecular flexibility index (Phi) is 11.6. The fourth-order valence-electron chi connectivity index (χ4n) is 10.4. The summed E-state index contributed by atoms with van der Waals surface area (Å²) < 4.78 is 2.49. The van der Waals surface area contributed by atoms with Gasteiger partial charge in [-0.1, -0.05) is 225 Å². The maximum atomic E-state index is 5.61. The van der Waals surface area contributed by atoms with Crippen molar-refractivity contribution in [3.05, 3.63) is 299 Å². The second-order valence-electron chi connectivity index (χ2n) is 17.9. The van der Waals surface area contributed by atoms with E-state index in [9.17, 15) is 0 Å². The molecule has 4 aliphatic rings. The fraction of sp³-hybridized carbons (Fsp3) is 0.0769. The first-order chi connectivity index (χ1) is 33.7. The van der Waals surface area contributed by atoms with Gasteiger partial charge in [-0.15, -0.1) is 0 Å². The second-order valence-corrected chi connectivity index (χ2v) is 20.6. The van der Waals surface area contributed by atoms with E-state index in [0.717, 1.165) is 12.8 Å². The second kappa shape index (κ2) is 18.8. The van der Waals surface area contributed by atoms with Gasteiger partial charge < -0.3 is 0 Å². The molecule has 0 saturated heterocycles. The third kappa shape index (κ3) is 8.38.